The standard InChI is InChI=1S/C21H24N2O3/c1-16(2)26-19-10-8-18(9-11-19)21(25)23-14-12-22(13-15-23)20(24)17-6-4-3-5-7-17/h3-11,16H,12-15H2,1-2H3. The third-order valence-corrected chi connectivity index (χ3v) is 4.35. The molecule has 136 valence electrons. The third kappa shape index (κ3) is 4.23. The number of benzene rings is 2. The molecule has 0 bridgehead atoms. The van der Waals surface area contributed by atoms with Crippen molar-refractivity contribution in [2.75, 3.05) is 26.2 Å². The van der Waals surface area contributed by atoms with Gasteiger partial charge in [0, 0.05) is 37.3 Å². The molecule has 1 heterocycles. The van der Waals surface area contributed by atoms with Gasteiger partial charge in [0.15, 0.2) is 0 Å². The first-order chi connectivity index (χ1) is 12.5. The number of nitrogens with zero attached hydrogens (tertiary/aromatic N) is 2. The first kappa shape index (κ1) is 18.0. The Labute approximate surface area is 154 Å². The van der Waals surface area contributed by atoms with Crippen LogP contribution in [0.1, 0.15) is 34.6 Å². The van der Waals surface area contributed by atoms with Crippen LogP contribution in [0.15, 0.2) is 54.6 Å². The molecule has 3 rings (SSSR count). The minimum absolute atomic E-state index is 0.00657. The van der Waals surface area contributed by atoms with Gasteiger partial charge in [-0.25, -0.2) is 0 Å². The molecule has 1 aliphatic heterocycles. The minimum Gasteiger partial charge on any atom is -0.491 e. The van der Waals surface area contributed by atoms with Crippen LogP contribution in [0.25, 0.3) is 0 Å². The Morgan fingerprint density at radius 2 is 1.23 bits per heavy atom. The number of carbonyl (C=O) groups excluding carboxylic acids is 2. The smallest absolute Gasteiger partial charge is 0.253 e. The van der Waals surface area contributed by atoms with E-state index < -0.39 is 0 Å². The van der Waals surface area contributed by atoms with Gasteiger partial charge in [-0.3, -0.25) is 9.59 Å². The SMILES string of the molecule is CC(C)Oc1ccc(C(=O)N2CCN(C(=O)c3ccccc3)CC2)cc1. The fourth-order valence-electron chi connectivity index (χ4n) is 3.01. The number of rotatable bonds is 4. The molecular weight excluding hydrogens is 328 g/mol. The Bertz CT molecular complexity index is 749. The molecule has 1 aliphatic rings. The van der Waals surface area contributed by atoms with Crippen molar-refractivity contribution < 1.29 is 14.3 Å². The van der Waals surface area contributed by atoms with Crippen LogP contribution in [0.2, 0.25) is 0 Å². The summed E-state index contributed by atoms with van der Waals surface area (Å²) in [4.78, 5) is 28.7. The Morgan fingerprint density at radius 1 is 0.769 bits per heavy atom. The Hall–Kier alpha value is -2.82. The van der Waals surface area contributed by atoms with E-state index >= 15 is 0 Å². The van der Waals surface area contributed by atoms with Crippen LogP contribution in [0.5, 0.6) is 5.75 Å². The lowest BCUT2D eigenvalue weighted by Gasteiger charge is -2.35. The van der Waals surface area contributed by atoms with Crippen molar-refractivity contribution in [3.8, 4) is 5.75 Å². The maximum absolute atomic E-state index is 12.7. The predicted molar refractivity (Wildman–Crippen MR) is 100 cm³/mol. The quantitative estimate of drug-likeness (QED) is 0.850. The molecule has 5 heteroatoms. The summed E-state index contributed by atoms with van der Waals surface area (Å²) in [7, 11) is 0. The highest BCUT2D eigenvalue weighted by atomic mass is 16.5. The monoisotopic (exact) mass is 352 g/mol. The van der Waals surface area contributed by atoms with E-state index in [0.29, 0.717) is 37.3 Å². The second kappa shape index (κ2) is 8.04. The van der Waals surface area contributed by atoms with E-state index in [2.05, 4.69) is 0 Å². The van der Waals surface area contributed by atoms with Crippen molar-refractivity contribution >= 4 is 11.8 Å². The van der Waals surface area contributed by atoms with Gasteiger partial charge in [-0.1, -0.05) is 18.2 Å². The van der Waals surface area contributed by atoms with Crippen molar-refractivity contribution in [1.82, 2.24) is 9.80 Å². The van der Waals surface area contributed by atoms with E-state index in [-0.39, 0.29) is 17.9 Å². The molecule has 1 saturated heterocycles. The fraction of sp³-hybridized carbons (Fsp3) is 0.333. The van der Waals surface area contributed by atoms with Gasteiger partial charge >= 0.3 is 0 Å². The lowest BCUT2D eigenvalue weighted by atomic mass is 10.1. The van der Waals surface area contributed by atoms with Gasteiger partial charge in [-0.15, -0.1) is 0 Å². The number of hydrogen-bond acceptors (Lipinski definition) is 3. The topological polar surface area (TPSA) is 49.9 Å². The number of amides is 2. The molecule has 0 N–H and O–H groups in total. The van der Waals surface area contributed by atoms with Crippen LogP contribution in [-0.4, -0.2) is 53.9 Å². The van der Waals surface area contributed by atoms with Crippen molar-refractivity contribution in [2.24, 2.45) is 0 Å². The maximum atomic E-state index is 12.7. The summed E-state index contributed by atoms with van der Waals surface area (Å²) >= 11 is 0. The fourth-order valence-corrected chi connectivity index (χ4v) is 3.01. The largest absolute Gasteiger partial charge is 0.491 e. The van der Waals surface area contributed by atoms with Gasteiger partial charge in [0.1, 0.15) is 5.75 Å². The molecule has 1 fully saturated rings. The number of piperazine rings is 1. The molecule has 2 aromatic carbocycles. The summed E-state index contributed by atoms with van der Waals surface area (Å²) in [6.07, 6.45) is 0.104. The summed E-state index contributed by atoms with van der Waals surface area (Å²) in [6.45, 7) is 6.12. The Morgan fingerprint density at radius 3 is 1.69 bits per heavy atom. The van der Waals surface area contributed by atoms with Gasteiger partial charge in [-0.05, 0) is 50.2 Å². The van der Waals surface area contributed by atoms with Crippen molar-refractivity contribution in [3.63, 3.8) is 0 Å². The van der Waals surface area contributed by atoms with Crippen molar-refractivity contribution in [2.45, 2.75) is 20.0 Å². The first-order valence-electron chi connectivity index (χ1n) is 8.95. The van der Waals surface area contributed by atoms with Crippen LogP contribution < -0.4 is 4.74 Å². The molecule has 0 unspecified atom stereocenters. The Balaban J connectivity index is 1.57. The average Bonchev–Trinajstić information content (AvgIpc) is 2.68. The van der Waals surface area contributed by atoms with E-state index in [1.54, 1.807) is 21.9 Å². The zero-order valence-corrected chi connectivity index (χ0v) is 15.2. The van der Waals surface area contributed by atoms with Crippen LogP contribution in [-0.2, 0) is 0 Å². The maximum Gasteiger partial charge on any atom is 0.253 e. The molecule has 0 spiro atoms. The lowest BCUT2D eigenvalue weighted by molar-refractivity contribution is 0.0535. The number of hydrogen-bond donors (Lipinski definition) is 0. The van der Waals surface area contributed by atoms with E-state index in [9.17, 15) is 9.59 Å². The lowest BCUT2D eigenvalue weighted by Crippen LogP contribution is -2.50. The minimum atomic E-state index is -0.00657. The predicted octanol–water partition coefficient (Wildman–Crippen LogP) is 3.07. The Kier molecular flexibility index (Phi) is 5.56. The van der Waals surface area contributed by atoms with Crippen LogP contribution in [0, 0.1) is 0 Å². The highest BCUT2D eigenvalue weighted by Gasteiger charge is 2.25. The van der Waals surface area contributed by atoms with Crippen molar-refractivity contribution in [1.29, 1.82) is 0 Å². The molecule has 0 aromatic heterocycles. The van der Waals surface area contributed by atoms with E-state index in [4.69, 9.17) is 4.74 Å². The molecule has 0 atom stereocenters. The molecule has 26 heavy (non-hydrogen) atoms. The highest BCUT2D eigenvalue weighted by molar-refractivity contribution is 5.96. The summed E-state index contributed by atoms with van der Waals surface area (Å²) in [5.74, 6) is 0.774. The van der Waals surface area contributed by atoms with Crippen LogP contribution >= 0.6 is 0 Å². The van der Waals surface area contributed by atoms with Gasteiger partial charge in [0.2, 0.25) is 0 Å². The molecular formula is C21H24N2O3. The second-order valence-corrected chi connectivity index (χ2v) is 6.64. The van der Waals surface area contributed by atoms with E-state index in [1.165, 1.54) is 0 Å². The van der Waals surface area contributed by atoms with Crippen LogP contribution in [0.3, 0.4) is 0 Å². The summed E-state index contributed by atoms with van der Waals surface area (Å²) in [6, 6.07) is 16.5. The molecule has 0 radical (unpaired) electrons. The van der Waals surface area contributed by atoms with Gasteiger partial charge < -0.3 is 14.5 Å². The third-order valence-electron chi connectivity index (χ3n) is 4.35. The zero-order valence-electron chi connectivity index (χ0n) is 15.2. The molecule has 2 aromatic rings. The summed E-state index contributed by atoms with van der Waals surface area (Å²) in [5.41, 5.74) is 1.33. The zero-order chi connectivity index (χ0) is 18.5. The number of carbonyl (C=O) groups is 2. The van der Waals surface area contributed by atoms with Gasteiger partial charge in [-0.2, -0.15) is 0 Å². The normalized spacial score (nSPS) is 14.4. The molecule has 2 amide bonds. The first-order valence-corrected chi connectivity index (χ1v) is 8.95. The van der Waals surface area contributed by atoms with Crippen molar-refractivity contribution in [3.05, 3.63) is 65.7 Å². The van der Waals surface area contributed by atoms with Crippen LogP contribution in [0.4, 0.5) is 0 Å². The molecule has 5 nitrogen and oxygen atoms in total. The van der Waals surface area contributed by atoms with Gasteiger partial charge in [0.05, 0.1) is 6.10 Å². The summed E-state index contributed by atoms with van der Waals surface area (Å²) < 4.78 is 5.61. The van der Waals surface area contributed by atoms with E-state index in [1.807, 2.05) is 56.3 Å². The summed E-state index contributed by atoms with van der Waals surface area (Å²) in [5, 5.41) is 0. The average molecular weight is 352 g/mol. The molecule has 0 aliphatic carbocycles. The highest BCUT2D eigenvalue weighted by Crippen LogP contribution is 2.16. The molecule has 0 saturated carbocycles. The number of ether oxygens (including phenoxy) is 1. The van der Waals surface area contributed by atoms with Gasteiger partial charge in [0.25, 0.3) is 11.8 Å². The second-order valence-electron chi connectivity index (χ2n) is 6.64. The van der Waals surface area contributed by atoms with E-state index in [0.717, 1.165) is 5.75 Å².